The lowest BCUT2D eigenvalue weighted by atomic mass is 10.3. The molecule has 0 radical (unpaired) electrons. The van der Waals surface area contributed by atoms with Gasteiger partial charge in [0, 0.05) is 59.1 Å². The second kappa shape index (κ2) is 9.16. The molecule has 1 saturated heterocycles. The molecule has 1 aromatic rings. The van der Waals surface area contributed by atoms with Gasteiger partial charge in [0.1, 0.15) is 0 Å². The molecule has 1 fully saturated rings. The highest BCUT2D eigenvalue weighted by atomic mass is 127. The van der Waals surface area contributed by atoms with Gasteiger partial charge in [0.15, 0.2) is 11.1 Å². The number of piperazine rings is 1. The van der Waals surface area contributed by atoms with Crippen LogP contribution in [0.1, 0.15) is 20.8 Å². The average Bonchev–Trinajstić information content (AvgIpc) is 3.00. The van der Waals surface area contributed by atoms with Crippen molar-refractivity contribution < 1.29 is 4.21 Å². The van der Waals surface area contributed by atoms with E-state index >= 15 is 0 Å². The van der Waals surface area contributed by atoms with Crippen molar-refractivity contribution in [3.63, 3.8) is 0 Å². The van der Waals surface area contributed by atoms with Crippen molar-refractivity contribution in [3.05, 3.63) is 11.6 Å². The second-order valence-electron chi connectivity index (χ2n) is 6.19. The van der Waals surface area contributed by atoms with Crippen LogP contribution in [0.3, 0.4) is 0 Å². The molecule has 2 N–H and O–H groups in total. The Hall–Kier alpha value is -0.420. The van der Waals surface area contributed by atoms with E-state index in [4.69, 9.17) is 5.73 Å². The number of nitrogens with zero attached hydrogens (tertiary/aromatic N) is 4. The molecule has 2 heterocycles. The number of rotatable bonds is 4. The number of anilines is 1. The molecule has 0 aromatic carbocycles. The summed E-state index contributed by atoms with van der Waals surface area (Å²) in [4.78, 5) is 13.1. The van der Waals surface area contributed by atoms with Gasteiger partial charge in [0.2, 0.25) is 0 Å². The molecule has 1 atom stereocenters. The van der Waals surface area contributed by atoms with Crippen molar-refractivity contribution in [2.24, 2.45) is 10.7 Å². The summed E-state index contributed by atoms with van der Waals surface area (Å²) in [7, 11) is -0.881. The predicted molar refractivity (Wildman–Crippen MR) is 111 cm³/mol. The number of aliphatic imine (C=N–C) groups is 1. The number of hydrogen-bond acceptors (Lipinski definition) is 5. The van der Waals surface area contributed by atoms with Gasteiger partial charge in [0.05, 0.1) is 6.54 Å². The summed E-state index contributed by atoms with van der Waals surface area (Å²) in [5, 5.41) is 3.06. The lowest BCUT2D eigenvalue weighted by molar-refractivity contribution is 0.381. The maximum Gasteiger partial charge on any atom is 0.191 e. The van der Waals surface area contributed by atoms with Crippen molar-refractivity contribution in [1.82, 2.24) is 9.88 Å². The zero-order valence-corrected chi connectivity index (χ0v) is 17.9. The normalized spacial score (nSPS) is 17.8. The van der Waals surface area contributed by atoms with Crippen LogP contribution in [-0.4, -0.2) is 63.3 Å². The van der Waals surface area contributed by atoms with Crippen LogP contribution in [0.15, 0.2) is 16.6 Å². The molecule has 0 aliphatic carbocycles. The molecule has 1 unspecified atom stereocenters. The number of aromatic nitrogens is 1. The fourth-order valence-corrected chi connectivity index (χ4v) is 3.71. The number of halogens is 1. The molecule has 9 heteroatoms. The van der Waals surface area contributed by atoms with E-state index < -0.39 is 10.8 Å². The first-order chi connectivity index (χ1) is 10.4. The van der Waals surface area contributed by atoms with Gasteiger partial charge in [-0.2, -0.15) is 0 Å². The Kier molecular flexibility index (Phi) is 8.22. The van der Waals surface area contributed by atoms with Crippen molar-refractivity contribution in [1.29, 1.82) is 0 Å². The summed E-state index contributed by atoms with van der Waals surface area (Å²) >= 11 is 1.66. The van der Waals surface area contributed by atoms with Crippen molar-refractivity contribution in [2.45, 2.75) is 25.5 Å². The standard InChI is InChI=1S/C14H25N5OS2.HI/c1-14(2,3)22(20)11-5-16-12(15)18-6-8-19(9-7-18)13-17-4-10-21-13;/h4,10H,5-9,11H2,1-3H3,(H2,15,16);1H. The molecule has 132 valence electrons. The molecule has 1 aromatic heterocycles. The summed E-state index contributed by atoms with van der Waals surface area (Å²) in [5.74, 6) is 1.12. The number of hydrogen-bond donors (Lipinski definition) is 1. The summed E-state index contributed by atoms with van der Waals surface area (Å²) < 4.78 is 11.8. The summed E-state index contributed by atoms with van der Waals surface area (Å²) in [6.45, 7) is 9.95. The molecular weight excluding hydrogens is 445 g/mol. The monoisotopic (exact) mass is 471 g/mol. The summed E-state index contributed by atoms with van der Waals surface area (Å²) in [6.07, 6.45) is 1.83. The van der Waals surface area contributed by atoms with Crippen LogP contribution < -0.4 is 10.6 Å². The van der Waals surface area contributed by atoms with Crippen LogP contribution in [-0.2, 0) is 10.8 Å². The Labute approximate surface area is 162 Å². The van der Waals surface area contributed by atoms with Crippen LogP contribution in [0.4, 0.5) is 5.13 Å². The van der Waals surface area contributed by atoms with Gasteiger partial charge in [-0.15, -0.1) is 35.3 Å². The van der Waals surface area contributed by atoms with Gasteiger partial charge < -0.3 is 15.5 Å². The molecule has 0 saturated carbocycles. The Bertz CT molecular complexity index is 522. The van der Waals surface area contributed by atoms with Crippen LogP contribution in [0.5, 0.6) is 0 Å². The van der Waals surface area contributed by atoms with Gasteiger partial charge in [-0.3, -0.25) is 9.20 Å². The van der Waals surface area contributed by atoms with Crippen molar-refractivity contribution >= 4 is 57.2 Å². The van der Waals surface area contributed by atoms with E-state index in [1.165, 1.54) is 0 Å². The van der Waals surface area contributed by atoms with E-state index in [9.17, 15) is 4.21 Å². The highest BCUT2D eigenvalue weighted by Crippen LogP contribution is 2.18. The van der Waals surface area contributed by atoms with E-state index in [2.05, 4.69) is 19.8 Å². The first-order valence-electron chi connectivity index (χ1n) is 7.46. The zero-order valence-electron chi connectivity index (χ0n) is 13.9. The third kappa shape index (κ3) is 6.18. The van der Waals surface area contributed by atoms with Gasteiger partial charge in [0.25, 0.3) is 0 Å². The van der Waals surface area contributed by atoms with E-state index in [0.29, 0.717) is 18.3 Å². The van der Waals surface area contributed by atoms with E-state index in [1.807, 2.05) is 32.3 Å². The van der Waals surface area contributed by atoms with Gasteiger partial charge in [-0.1, -0.05) is 0 Å². The summed E-state index contributed by atoms with van der Waals surface area (Å²) in [5.41, 5.74) is 6.05. The second-order valence-corrected chi connectivity index (χ2v) is 9.39. The first kappa shape index (κ1) is 20.6. The maximum absolute atomic E-state index is 12.0. The van der Waals surface area contributed by atoms with Crippen LogP contribution in [0.25, 0.3) is 0 Å². The minimum absolute atomic E-state index is 0. The SMILES string of the molecule is CC(C)(C)S(=O)CCN=C(N)N1CCN(c2nccs2)CC1.I. The fourth-order valence-electron chi connectivity index (χ4n) is 2.15. The Morgan fingerprint density at radius 1 is 1.39 bits per heavy atom. The zero-order chi connectivity index (χ0) is 16.2. The predicted octanol–water partition coefficient (Wildman–Crippen LogP) is 1.75. The minimum atomic E-state index is -0.881. The molecule has 0 spiro atoms. The van der Waals surface area contributed by atoms with Crippen LogP contribution in [0, 0.1) is 0 Å². The largest absolute Gasteiger partial charge is 0.370 e. The lowest BCUT2D eigenvalue weighted by Crippen LogP contribution is -2.51. The van der Waals surface area contributed by atoms with Crippen molar-refractivity contribution in [3.8, 4) is 0 Å². The number of thiazole rings is 1. The topological polar surface area (TPSA) is 74.8 Å². The number of nitrogens with two attached hydrogens (primary N) is 1. The lowest BCUT2D eigenvalue weighted by Gasteiger charge is -2.35. The van der Waals surface area contributed by atoms with E-state index in [0.717, 1.165) is 31.3 Å². The van der Waals surface area contributed by atoms with Gasteiger partial charge in [-0.05, 0) is 20.8 Å². The third-order valence-corrected chi connectivity index (χ3v) is 6.28. The van der Waals surface area contributed by atoms with E-state index in [-0.39, 0.29) is 28.7 Å². The molecule has 2 rings (SSSR count). The average molecular weight is 471 g/mol. The number of guanidine groups is 1. The fraction of sp³-hybridized carbons (Fsp3) is 0.714. The maximum atomic E-state index is 12.0. The molecule has 6 nitrogen and oxygen atoms in total. The minimum Gasteiger partial charge on any atom is -0.370 e. The molecule has 1 aliphatic rings. The molecule has 0 bridgehead atoms. The Morgan fingerprint density at radius 3 is 2.57 bits per heavy atom. The van der Waals surface area contributed by atoms with Gasteiger partial charge in [-0.25, -0.2) is 4.98 Å². The molecule has 0 amide bonds. The highest BCUT2D eigenvalue weighted by Gasteiger charge is 2.21. The van der Waals surface area contributed by atoms with Crippen molar-refractivity contribution in [2.75, 3.05) is 43.4 Å². The molecular formula is C14H26IN5OS2. The summed E-state index contributed by atoms with van der Waals surface area (Å²) in [6, 6.07) is 0. The van der Waals surface area contributed by atoms with Gasteiger partial charge >= 0.3 is 0 Å². The van der Waals surface area contributed by atoms with Crippen LogP contribution >= 0.6 is 35.3 Å². The van der Waals surface area contributed by atoms with Crippen LogP contribution in [0.2, 0.25) is 0 Å². The quantitative estimate of drug-likeness (QED) is 0.412. The first-order valence-corrected chi connectivity index (χ1v) is 9.65. The Balaban J connectivity index is 0.00000264. The van der Waals surface area contributed by atoms with E-state index in [1.54, 1.807) is 11.3 Å². The highest BCUT2D eigenvalue weighted by molar-refractivity contribution is 14.0. The third-order valence-electron chi connectivity index (χ3n) is 3.53. The Morgan fingerprint density at radius 2 is 2.04 bits per heavy atom. The molecule has 1 aliphatic heterocycles. The molecule has 23 heavy (non-hydrogen) atoms. The smallest absolute Gasteiger partial charge is 0.191 e.